The van der Waals surface area contributed by atoms with Crippen molar-refractivity contribution in [3.8, 4) is 0 Å². The van der Waals surface area contributed by atoms with Crippen LogP contribution in [-0.2, 0) is 6.54 Å². The largest absolute Gasteiger partial charge is 0.459 e. The Morgan fingerprint density at radius 3 is 2.65 bits per heavy atom. The molecule has 1 aliphatic heterocycles. The molecule has 0 aliphatic carbocycles. The zero-order valence-electron chi connectivity index (χ0n) is 15.8. The minimum absolute atomic E-state index is 0.0375. The summed E-state index contributed by atoms with van der Waals surface area (Å²) in [4.78, 5) is 16.6. The Kier molecular flexibility index (Phi) is 6.03. The molecule has 0 radical (unpaired) electrons. The first-order valence-electron chi connectivity index (χ1n) is 9.43. The van der Waals surface area contributed by atoms with Crippen molar-refractivity contribution in [1.29, 1.82) is 0 Å². The molecule has 8 nitrogen and oxygen atoms in total. The maximum absolute atomic E-state index is 12.4. The van der Waals surface area contributed by atoms with E-state index >= 15 is 0 Å². The van der Waals surface area contributed by atoms with Crippen LogP contribution in [-0.4, -0.2) is 62.1 Å². The van der Waals surface area contributed by atoms with Crippen molar-refractivity contribution in [2.24, 2.45) is 5.92 Å². The van der Waals surface area contributed by atoms with E-state index in [1.54, 1.807) is 12.1 Å². The molecule has 0 saturated carbocycles. The van der Waals surface area contributed by atoms with Crippen molar-refractivity contribution in [3.63, 3.8) is 0 Å². The number of carbonyl (C=O) groups excluding carboxylic acids is 1. The van der Waals surface area contributed by atoms with Gasteiger partial charge in [-0.15, -0.1) is 5.10 Å². The highest BCUT2D eigenvalue weighted by molar-refractivity contribution is 5.91. The third-order valence-corrected chi connectivity index (χ3v) is 4.94. The lowest BCUT2D eigenvalue weighted by Crippen LogP contribution is -2.50. The number of tetrazole rings is 1. The molecular formula is C18H28N6O2. The molecule has 142 valence electrons. The van der Waals surface area contributed by atoms with E-state index in [0.717, 1.165) is 38.3 Å². The van der Waals surface area contributed by atoms with Crippen LogP contribution in [0.5, 0.6) is 0 Å². The second kappa shape index (κ2) is 8.44. The summed E-state index contributed by atoms with van der Waals surface area (Å²) < 4.78 is 7.17. The number of aromatic nitrogens is 4. The molecular weight excluding hydrogens is 332 g/mol. The molecule has 2 aromatic rings. The number of aryl methyl sites for hydroxylation is 1. The average molecular weight is 360 g/mol. The SMILES string of the molecule is CCC(c1nnnn1CCC(C)C)N1CCN(C(=O)c2ccco2)CC1. The molecule has 1 atom stereocenters. The van der Waals surface area contributed by atoms with Gasteiger partial charge < -0.3 is 9.32 Å². The normalized spacial score (nSPS) is 17.0. The van der Waals surface area contributed by atoms with Crippen molar-refractivity contribution >= 4 is 5.91 Å². The molecule has 1 saturated heterocycles. The molecule has 0 aromatic carbocycles. The molecule has 8 heteroatoms. The van der Waals surface area contributed by atoms with Gasteiger partial charge in [-0.25, -0.2) is 4.68 Å². The van der Waals surface area contributed by atoms with Gasteiger partial charge >= 0.3 is 0 Å². The summed E-state index contributed by atoms with van der Waals surface area (Å²) in [5.74, 6) is 1.91. The lowest BCUT2D eigenvalue weighted by molar-refractivity contribution is 0.0520. The third-order valence-electron chi connectivity index (χ3n) is 4.94. The van der Waals surface area contributed by atoms with Gasteiger partial charge in [-0.1, -0.05) is 20.8 Å². The smallest absolute Gasteiger partial charge is 0.289 e. The number of rotatable bonds is 7. The first-order valence-corrected chi connectivity index (χ1v) is 9.43. The van der Waals surface area contributed by atoms with Crippen LogP contribution in [0.15, 0.2) is 22.8 Å². The molecule has 26 heavy (non-hydrogen) atoms. The van der Waals surface area contributed by atoms with Crippen molar-refractivity contribution in [2.45, 2.75) is 46.2 Å². The summed E-state index contributed by atoms with van der Waals surface area (Å²) in [7, 11) is 0. The zero-order valence-corrected chi connectivity index (χ0v) is 15.8. The van der Waals surface area contributed by atoms with E-state index in [0.29, 0.717) is 24.8 Å². The van der Waals surface area contributed by atoms with E-state index in [4.69, 9.17) is 4.42 Å². The number of piperazine rings is 1. The molecule has 1 unspecified atom stereocenters. The van der Waals surface area contributed by atoms with Gasteiger partial charge in [0.05, 0.1) is 12.3 Å². The Hall–Kier alpha value is -2.22. The van der Waals surface area contributed by atoms with E-state index in [9.17, 15) is 4.79 Å². The van der Waals surface area contributed by atoms with Gasteiger partial charge in [0.2, 0.25) is 0 Å². The predicted molar refractivity (Wildman–Crippen MR) is 96.5 cm³/mol. The summed E-state index contributed by atoms with van der Waals surface area (Å²) >= 11 is 0. The fourth-order valence-electron chi connectivity index (χ4n) is 3.39. The Morgan fingerprint density at radius 2 is 2.04 bits per heavy atom. The minimum Gasteiger partial charge on any atom is -0.459 e. The number of hydrogen-bond acceptors (Lipinski definition) is 6. The highest BCUT2D eigenvalue weighted by Crippen LogP contribution is 2.24. The zero-order chi connectivity index (χ0) is 18.5. The van der Waals surface area contributed by atoms with Crippen molar-refractivity contribution in [2.75, 3.05) is 26.2 Å². The number of carbonyl (C=O) groups is 1. The Bertz CT molecular complexity index is 688. The second-order valence-corrected chi connectivity index (χ2v) is 7.17. The maximum atomic E-state index is 12.4. The van der Waals surface area contributed by atoms with Gasteiger partial charge in [0, 0.05) is 32.7 Å². The minimum atomic E-state index is -0.0375. The van der Waals surface area contributed by atoms with Crippen LogP contribution in [0.1, 0.15) is 56.0 Å². The summed E-state index contributed by atoms with van der Waals surface area (Å²) in [5, 5.41) is 12.4. The van der Waals surface area contributed by atoms with Crippen LogP contribution < -0.4 is 0 Å². The first-order chi connectivity index (χ1) is 12.6. The van der Waals surface area contributed by atoms with Crippen LogP contribution in [0, 0.1) is 5.92 Å². The summed E-state index contributed by atoms with van der Waals surface area (Å²) in [5.41, 5.74) is 0. The quantitative estimate of drug-likeness (QED) is 0.753. The van der Waals surface area contributed by atoms with Crippen molar-refractivity contribution < 1.29 is 9.21 Å². The van der Waals surface area contributed by atoms with Crippen LogP contribution in [0.4, 0.5) is 0 Å². The maximum Gasteiger partial charge on any atom is 0.289 e. The van der Waals surface area contributed by atoms with Gasteiger partial charge in [0.25, 0.3) is 5.91 Å². The van der Waals surface area contributed by atoms with Crippen LogP contribution in [0.3, 0.4) is 0 Å². The molecule has 1 amide bonds. The summed E-state index contributed by atoms with van der Waals surface area (Å²) in [6, 6.07) is 3.64. The molecule has 0 N–H and O–H groups in total. The molecule has 2 aromatic heterocycles. The van der Waals surface area contributed by atoms with Gasteiger partial charge in [0.1, 0.15) is 0 Å². The molecule has 0 bridgehead atoms. The highest BCUT2D eigenvalue weighted by atomic mass is 16.3. The summed E-state index contributed by atoms with van der Waals surface area (Å²) in [6.45, 7) is 10.4. The van der Waals surface area contributed by atoms with Gasteiger partial charge in [-0.2, -0.15) is 0 Å². The molecule has 3 heterocycles. The Labute approximate surface area is 154 Å². The fourth-order valence-corrected chi connectivity index (χ4v) is 3.39. The highest BCUT2D eigenvalue weighted by Gasteiger charge is 2.30. The Balaban J connectivity index is 1.62. The van der Waals surface area contributed by atoms with Crippen LogP contribution >= 0.6 is 0 Å². The number of amides is 1. The van der Waals surface area contributed by atoms with Crippen LogP contribution in [0.2, 0.25) is 0 Å². The molecule has 1 aliphatic rings. The van der Waals surface area contributed by atoms with Crippen molar-refractivity contribution in [3.05, 3.63) is 30.0 Å². The molecule has 1 fully saturated rings. The lowest BCUT2D eigenvalue weighted by atomic mass is 10.1. The average Bonchev–Trinajstić information content (AvgIpc) is 3.33. The van der Waals surface area contributed by atoms with Gasteiger partial charge in [-0.3, -0.25) is 9.69 Å². The molecule has 3 rings (SSSR count). The van der Waals surface area contributed by atoms with Gasteiger partial charge in [-0.05, 0) is 41.3 Å². The van der Waals surface area contributed by atoms with E-state index in [1.165, 1.54) is 6.26 Å². The molecule has 0 spiro atoms. The third kappa shape index (κ3) is 4.12. The predicted octanol–water partition coefficient (Wildman–Crippen LogP) is 2.22. The number of hydrogen-bond donors (Lipinski definition) is 0. The fraction of sp³-hybridized carbons (Fsp3) is 0.667. The lowest BCUT2D eigenvalue weighted by Gasteiger charge is -2.38. The van der Waals surface area contributed by atoms with E-state index < -0.39 is 0 Å². The Morgan fingerprint density at radius 1 is 1.27 bits per heavy atom. The van der Waals surface area contributed by atoms with Crippen LogP contribution in [0.25, 0.3) is 0 Å². The van der Waals surface area contributed by atoms with Crippen molar-refractivity contribution in [1.82, 2.24) is 30.0 Å². The van der Waals surface area contributed by atoms with E-state index in [1.807, 2.05) is 9.58 Å². The topological polar surface area (TPSA) is 80.3 Å². The van der Waals surface area contributed by atoms with E-state index in [2.05, 4.69) is 41.2 Å². The summed E-state index contributed by atoms with van der Waals surface area (Å²) in [6.07, 6.45) is 3.53. The second-order valence-electron chi connectivity index (χ2n) is 7.17. The standard InChI is InChI=1S/C18H28N6O2/c1-4-15(17-19-20-21-24(17)8-7-14(2)3)22-9-11-23(12-10-22)18(25)16-6-5-13-26-16/h5-6,13-15H,4,7-12H2,1-3H3. The first kappa shape index (κ1) is 18.6. The number of furan rings is 1. The van der Waals surface area contributed by atoms with Gasteiger partial charge in [0.15, 0.2) is 11.6 Å². The van der Waals surface area contributed by atoms with E-state index in [-0.39, 0.29) is 11.9 Å². The number of nitrogens with zero attached hydrogens (tertiary/aromatic N) is 6. The monoisotopic (exact) mass is 360 g/mol.